The zero-order chi connectivity index (χ0) is 12.5. The van der Waals surface area contributed by atoms with Crippen molar-refractivity contribution < 1.29 is 14.6 Å². The number of nitrogens with zero attached hydrogens (tertiary/aromatic N) is 1. The molecule has 1 heterocycles. The number of rotatable bonds is 7. The van der Waals surface area contributed by atoms with E-state index in [0.29, 0.717) is 19.4 Å². The molecule has 0 fully saturated rings. The maximum absolute atomic E-state index is 11.7. The number of nitrogens with one attached hydrogen (secondary N) is 1. The van der Waals surface area contributed by atoms with Crippen molar-refractivity contribution in [2.24, 2.45) is 0 Å². The van der Waals surface area contributed by atoms with Crippen molar-refractivity contribution in [3.05, 3.63) is 30.1 Å². The summed E-state index contributed by atoms with van der Waals surface area (Å²) in [5.41, 5.74) is 0.866. The predicted molar refractivity (Wildman–Crippen MR) is 63.5 cm³/mol. The van der Waals surface area contributed by atoms with Crippen molar-refractivity contribution >= 4 is 5.91 Å². The molecule has 1 amide bonds. The van der Waals surface area contributed by atoms with Crippen LogP contribution in [0, 0.1) is 0 Å². The van der Waals surface area contributed by atoms with Crippen LogP contribution in [0.15, 0.2) is 24.5 Å². The van der Waals surface area contributed by atoms with E-state index < -0.39 is 0 Å². The summed E-state index contributed by atoms with van der Waals surface area (Å²) in [4.78, 5) is 15.6. The molecule has 0 aliphatic rings. The molecule has 17 heavy (non-hydrogen) atoms. The smallest absolute Gasteiger partial charge is 0.224 e. The van der Waals surface area contributed by atoms with Gasteiger partial charge in [0, 0.05) is 26.1 Å². The number of ether oxygens (including phenoxy) is 1. The number of pyridine rings is 1. The van der Waals surface area contributed by atoms with E-state index in [1.54, 1.807) is 25.6 Å². The Bertz CT molecular complexity index is 324. The normalized spacial score (nSPS) is 12.1. The molecule has 1 aromatic heterocycles. The molecule has 0 spiro atoms. The predicted octanol–water partition coefficient (Wildman–Crippen LogP) is 0.138. The summed E-state index contributed by atoms with van der Waals surface area (Å²) in [5, 5.41) is 11.7. The Hall–Kier alpha value is -1.46. The summed E-state index contributed by atoms with van der Waals surface area (Å²) >= 11 is 0. The molecule has 1 aromatic rings. The minimum atomic E-state index is -0.144. The molecule has 0 radical (unpaired) electrons. The van der Waals surface area contributed by atoms with Gasteiger partial charge in [-0.05, 0) is 18.1 Å². The number of aliphatic hydroxyl groups excluding tert-OH is 1. The number of methoxy groups -OCH3 is 1. The fourth-order valence-electron chi connectivity index (χ4n) is 1.52. The van der Waals surface area contributed by atoms with E-state index in [1.807, 2.05) is 6.07 Å². The fourth-order valence-corrected chi connectivity index (χ4v) is 1.52. The Balaban J connectivity index is 2.42. The van der Waals surface area contributed by atoms with Gasteiger partial charge in [-0.2, -0.15) is 0 Å². The minimum Gasteiger partial charge on any atom is -0.396 e. The van der Waals surface area contributed by atoms with Crippen LogP contribution in [0.4, 0.5) is 0 Å². The third-order valence-corrected chi connectivity index (χ3v) is 2.30. The van der Waals surface area contributed by atoms with Crippen LogP contribution in [-0.2, 0) is 16.0 Å². The number of amides is 1. The van der Waals surface area contributed by atoms with Crippen molar-refractivity contribution in [3.8, 4) is 0 Å². The fraction of sp³-hybridized carbons (Fsp3) is 0.500. The van der Waals surface area contributed by atoms with E-state index >= 15 is 0 Å². The summed E-state index contributed by atoms with van der Waals surface area (Å²) in [6.45, 7) is 0.431. The Morgan fingerprint density at radius 2 is 2.47 bits per heavy atom. The molecule has 1 unspecified atom stereocenters. The van der Waals surface area contributed by atoms with Gasteiger partial charge in [0.15, 0.2) is 0 Å². The molecule has 0 aromatic carbocycles. The maximum Gasteiger partial charge on any atom is 0.224 e. The third-order valence-electron chi connectivity index (χ3n) is 2.30. The lowest BCUT2D eigenvalue weighted by Crippen LogP contribution is -2.39. The van der Waals surface area contributed by atoms with Crippen molar-refractivity contribution in [1.29, 1.82) is 0 Å². The second kappa shape index (κ2) is 7.76. The van der Waals surface area contributed by atoms with Gasteiger partial charge in [-0.1, -0.05) is 6.07 Å². The average molecular weight is 238 g/mol. The highest BCUT2D eigenvalue weighted by atomic mass is 16.5. The van der Waals surface area contributed by atoms with Gasteiger partial charge < -0.3 is 15.2 Å². The van der Waals surface area contributed by atoms with E-state index in [2.05, 4.69) is 10.3 Å². The Kier molecular flexibility index (Phi) is 6.21. The first kappa shape index (κ1) is 13.6. The van der Waals surface area contributed by atoms with Gasteiger partial charge in [-0.3, -0.25) is 9.78 Å². The molecule has 5 nitrogen and oxygen atoms in total. The number of hydrogen-bond acceptors (Lipinski definition) is 4. The van der Waals surface area contributed by atoms with Gasteiger partial charge in [0.25, 0.3) is 0 Å². The number of aromatic nitrogens is 1. The second-order valence-corrected chi connectivity index (χ2v) is 3.77. The quantitative estimate of drug-likeness (QED) is 0.708. The van der Waals surface area contributed by atoms with E-state index in [1.165, 1.54) is 0 Å². The lowest BCUT2D eigenvalue weighted by atomic mass is 10.1. The van der Waals surface area contributed by atoms with Crippen LogP contribution < -0.4 is 5.32 Å². The lowest BCUT2D eigenvalue weighted by Gasteiger charge is -2.16. The van der Waals surface area contributed by atoms with Crippen LogP contribution >= 0.6 is 0 Å². The monoisotopic (exact) mass is 238 g/mol. The molecule has 0 aliphatic heterocycles. The first-order chi connectivity index (χ1) is 8.26. The average Bonchev–Trinajstić information content (AvgIpc) is 2.30. The van der Waals surface area contributed by atoms with Crippen LogP contribution in [0.3, 0.4) is 0 Å². The van der Waals surface area contributed by atoms with Crippen molar-refractivity contribution in [1.82, 2.24) is 10.3 Å². The topological polar surface area (TPSA) is 71.5 Å². The Morgan fingerprint density at radius 3 is 3.06 bits per heavy atom. The van der Waals surface area contributed by atoms with E-state index in [4.69, 9.17) is 9.84 Å². The highest BCUT2D eigenvalue weighted by molar-refractivity contribution is 5.78. The summed E-state index contributed by atoms with van der Waals surface area (Å²) in [7, 11) is 1.57. The molecule has 0 aliphatic carbocycles. The molecule has 0 saturated carbocycles. The molecule has 2 N–H and O–H groups in total. The summed E-state index contributed by atoms with van der Waals surface area (Å²) in [6, 6.07) is 3.50. The molecule has 94 valence electrons. The highest BCUT2D eigenvalue weighted by Gasteiger charge is 2.11. The molecular formula is C12H18N2O3. The molecule has 0 saturated heterocycles. The minimum absolute atomic E-state index is 0.0290. The standard InChI is InChI=1S/C12H18N2O3/c1-17-9-11(4-6-15)14-12(16)7-10-3-2-5-13-8-10/h2-3,5,8,11,15H,4,6-7,9H2,1H3,(H,14,16). The Labute approximate surface area is 101 Å². The van der Waals surface area contributed by atoms with Crippen molar-refractivity contribution in [2.45, 2.75) is 18.9 Å². The number of aliphatic hydroxyl groups is 1. The summed E-state index contributed by atoms with van der Waals surface area (Å²) in [5.74, 6) is -0.0894. The number of carbonyl (C=O) groups is 1. The zero-order valence-electron chi connectivity index (χ0n) is 9.93. The number of hydrogen-bond donors (Lipinski definition) is 2. The summed E-state index contributed by atoms with van der Waals surface area (Å²) < 4.78 is 4.97. The van der Waals surface area contributed by atoms with Gasteiger partial charge in [0.05, 0.1) is 19.1 Å². The van der Waals surface area contributed by atoms with E-state index in [-0.39, 0.29) is 18.6 Å². The first-order valence-electron chi connectivity index (χ1n) is 5.54. The second-order valence-electron chi connectivity index (χ2n) is 3.77. The number of carbonyl (C=O) groups excluding carboxylic acids is 1. The molecule has 1 rings (SSSR count). The van der Waals surface area contributed by atoms with Crippen LogP contribution in [0.2, 0.25) is 0 Å². The summed E-state index contributed by atoms with van der Waals surface area (Å²) in [6.07, 6.45) is 4.12. The van der Waals surface area contributed by atoms with Gasteiger partial charge >= 0.3 is 0 Å². The third kappa shape index (κ3) is 5.42. The SMILES string of the molecule is COCC(CCO)NC(=O)Cc1cccnc1. The van der Waals surface area contributed by atoms with Crippen LogP contribution in [0.5, 0.6) is 0 Å². The van der Waals surface area contributed by atoms with Gasteiger partial charge in [-0.15, -0.1) is 0 Å². The largest absolute Gasteiger partial charge is 0.396 e. The van der Waals surface area contributed by atoms with Crippen LogP contribution in [-0.4, -0.2) is 42.4 Å². The maximum atomic E-state index is 11.7. The molecule has 1 atom stereocenters. The molecule has 5 heteroatoms. The van der Waals surface area contributed by atoms with Crippen molar-refractivity contribution in [2.75, 3.05) is 20.3 Å². The van der Waals surface area contributed by atoms with E-state index in [9.17, 15) is 4.79 Å². The van der Waals surface area contributed by atoms with Crippen molar-refractivity contribution in [3.63, 3.8) is 0 Å². The lowest BCUT2D eigenvalue weighted by molar-refractivity contribution is -0.121. The van der Waals surface area contributed by atoms with Crippen LogP contribution in [0.25, 0.3) is 0 Å². The zero-order valence-corrected chi connectivity index (χ0v) is 9.93. The first-order valence-corrected chi connectivity index (χ1v) is 5.54. The molecular weight excluding hydrogens is 220 g/mol. The highest BCUT2D eigenvalue weighted by Crippen LogP contribution is 1.98. The van der Waals surface area contributed by atoms with Crippen LogP contribution in [0.1, 0.15) is 12.0 Å². The van der Waals surface area contributed by atoms with Gasteiger partial charge in [0.1, 0.15) is 0 Å². The molecule has 0 bridgehead atoms. The van der Waals surface area contributed by atoms with Gasteiger partial charge in [-0.25, -0.2) is 0 Å². The van der Waals surface area contributed by atoms with E-state index in [0.717, 1.165) is 5.56 Å². The van der Waals surface area contributed by atoms with Gasteiger partial charge in [0.2, 0.25) is 5.91 Å². The Morgan fingerprint density at radius 1 is 1.65 bits per heavy atom.